The Kier molecular flexibility index (Phi) is 7.69. The predicted molar refractivity (Wildman–Crippen MR) is 125 cm³/mol. The van der Waals surface area contributed by atoms with E-state index in [1.54, 1.807) is 10.6 Å². The van der Waals surface area contributed by atoms with Crippen LogP contribution in [-0.2, 0) is 11.3 Å². The number of amides is 1. The van der Waals surface area contributed by atoms with Crippen LogP contribution in [0.1, 0.15) is 51.5 Å². The Morgan fingerprint density at radius 1 is 1.13 bits per heavy atom. The lowest BCUT2D eigenvalue weighted by Crippen LogP contribution is -2.24. The van der Waals surface area contributed by atoms with Gasteiger partial charge < -0.3 is 5.32 Å². The second-order valence-electron chi connectivity index (χ2n) is 7.49. The summed E-state index contributed by atoms with van der Waals surface area (Å²) in [5.41, 5.74) is 2.67. The van der Waals surface area contributed by atoms with Crippen LogP contribution in [0.25, 0.3) is 10.9 Å². The molecule has 0 radical (unpaired) electrons. The van der Waals surface area contributed by atoms with Gasteiger partial charge in [-0.3, -0.25) is 14.2 Å². The Morgan fingerprint density at radius 3 is 2.57 bits per heavy atom. The Morgan fingerprint density at radius 2 is 1.87 bits per heavy atom. The fraction of sp³-hybridized carbons (Fsp3) is 0.375. The number of rotatable bonds is 9. The maximum atomic E-state index is 12.9. The number of hydrogen-bond donors (Lipinski definition) is 1. The third kappa shape index (κ3) is 5.30. The monoisotopic (exact) mass is 423 g/mol. The van der Waals surface area contributed by atoms with E-state index >= 15 is 0 Å². The van der Waals surface area contributed by atoms with E-state index in [2.05, 4.69) is 43.2 Å². The molecule has 0 bridgehead atoms. The van der Waals surface area contributed by atoms with Crippen LogP contribution in [0.5, 0.6) is 0 Å². The minimum absolute atomic E-state index is 0.0439. The van der Waals surface area contributed by atoms with Crippen molar-refractivity contribution in [3.63, 3.8) is 0 Å². The Labute approximate surface area is 181 Å². The van der Waals surface area contributed by atoms with Crippen LogP contribution < -0.4 is 10.9 Å². The lowest BCUT2D eigenvalue weighted by molar-refractivity contribution is -0.113. The molecule has 6 heteroatoms. The molecule has 0 aliphatic heterocycles. The van der Waals surface area contributed by atoms with Gasteiger partial charge in [0.25, 0.3) is 5.56 Å². The molecule has 0 aliphatic carbocycles. The molecule has 0 saturated carbocycles. The Hall–Kier alpha value is -2.60. The molecule has 3 rings (SSSR count). The van der Waals surface area contributed by atoms with E-state index in [-0.39, 0.29) is 17.2 Å². The van der Waals surface area contributed by atoms with E-state index in [0.717, 1.165) is 24.9 Å². The summed E-state index contributed by atoms with van der Waals surface area (Å²) in [5.74, 6) is 0.592. The molecule has 0 unspecified atom stereocenters. The Bertz CT molecular complexity index is 1060. The summed E-state index contributed by atoms with van der Waals surface area (Å²) >= 11 is 1.31. The number of carbonyl (C=O) groups is 1. The summed E-state index contributed by atoms with van der Waals surface area (Å²) < 4.78 is 1.70. The largest absolute Gasteiger partial charge is 0.325 e. The summed E-state index contributed by atoms with van der Waals surface area (Å²) in [7, 11) is 0. The zero-order valence-electron chi connectivity index (χ0n) is 17.9. The molecule has 0 aliphatic rings. The predicted octanol–water partition coefficient (Wildman–Crippen LogP) is 5.44. The number of thioether (sulfide) groups is 1. The molecule has 1 N–H and O–H groups in total. The normalized spacial score (nSPS) is 12.1. The number of carbonyl (C=O) groups excluding carboxylic acids is 1. The molecule has 30 heavy (non-hydrogen) atoms. The van der Waals surface area contributed by atoms with Crippen molar-refractivity contribution in [2.24, 2.45) is 0 Å². The zero-order chi connectivity index (χ0) is 21.5. The molecule has 1 amide bonds. The van der Waals surface area contributed by atoms with Crippen molar-refractivity contribution >= 4 is 34.3 Å². The molecule has 3 aromatic rings. The molecule has 158 valence electrons. The summed E-state index contributed by atoms with van der Waals surface area (Å²) in [6.45, 7) is 7.05. The topological polar surface area (TPSA) is 64.0 Å². The van der Waals surface area contributed by atoms with Crippen LogP contribution >= 0.6 is 11.8 Å². The van der Waals surface area contributed by atoms with Crippen molar-refractivity contribution < 1.29 is 4.79 Å². The number of hydrogen-bond acceptors (Lipinski definition) is 4. The van der Waals surface area contributed by atoms with Gasteiger partial charge in [0, 0.05) is 12.2 Å². The van der Waals surface area contributed by atoms with Crippen molar-refractivity contribution in [3.05, 3.63) is 64.4 Å². The molecule has 1 atom stereocenters. The number of unbranched alkanes of at least 4 members (excludes halogenated alkanes) is 1. The van der Waals surface area contributed by atoms with Gasteiger partial charge in [-0.2, -0.15) is 0 Å². The van der Waals surface area contributed by atoms with E-state index < -0.39 is 0 Å². The number of aromatic nitrogens is 2. The highest BCUT2D eigenvalue weighted by Gasteiger charge is 2.13. The molecule has 5 nitrogen and oxygen atoms in total. The number of nitrogens with zero attached hydrogens (tertiary/aromatic N) is 2. The lowest BCUT2D eigenvalue weighted by atomic mass is 9.99. The number of anilines is 1. The number of fused-ring (bicyclic) bond motifs is 1. The van der Waals surface area contributed by atoms with Gasteiger partial charge >= 0.3 is 0 Å². The van der Waals surface area contributed by atoms with E-state index in [0.29, 0.717) is 28.5 Å². The first kappa shape index (κ1) is 22.1. The maximum Gasteiger partial charge on any atom is 0.262 e. The standard InChI is InChI=1S/C24H29N3O2S/c1-4-6-15-27-23(29)20-9-7-8-10-21(20)26-24(27)30-16-22(28)25-19-13-11-18(12-14-19)17(3)5-2/h7-14,17H,4-6,15-16H2,1-3H3,(H,25,28)/t17-/m0/s1. The van der Waals surface area contributed by atoms with Crippen molar-refractivity contribution in [2.45, 2.75) is 57.7 Å². The first-order valence-corrected chi connectivity index (χ1v) is 11.5. The summed E-state index contributed by atoms with van der Waals surface area (Å²) in [6.07, 6.45) is 2.96. The highest BCUT2D eigenvalue weighted by atomic mass is 32.2. The first-order chi connectivity index (χ1) is 14.5. The van der Waals surface area contributed by atoms with Crippen LogP contribution in [0.15, 0.2) is 58.5 Å². The van der Waals surface area contributed by atoms with Gasteiger partial charge in [0.2, 0.25) is 5.91 Å². The average molecular weight is 424 g/mol. The average Bonchev–Trinajstić information content (AvgIpc) is 2.77. The van der Waals surface area contributed by atoms with Gasteiger partial charge in [0.15, 0.2) is 5.16 Å². The van der Waals surface area contributed by atoms with E-state index in [1.807, 2.05) is 30.3 Å². The molecule has 2 aromatic carbocycles. The number of para-hydroxylation sites is 1. The van der Waals surface area contributed by atoms with E-state index in [9.17, 15) is 9.59 Å². The van der Waals surface area contributed by atoms with Gasteiger partial charge in [-0.25, -0.2) is 4.98 Å². The fourth-order valence-electron chi connectivity index (χ4n) is 3.23. The maximum absolute atomic E-state index is 12.9. The molecule has 0 saturated heterocycles. The summed E-state index contributed by atoms with van der Waals surface area (Å²) in [6, 6.07) is 15.4. The lowest BCUT2D eigenvalue weighted by Gasteiger charge is -2.13. The van der Waals surface area contributed by atoms with Gasteiger partial charge in [-0.15, -0.1) is 0 Å². The van der Waals surface area contributed by atoms with Crippen LogP contribution in [0.3, 0.4) is 0 Å². The van der Waals surface area contributed by atoms with E-state index in [4.69, 9.17) is 0 Å². The molecule has 0 spiro atoms. The third-order valence-electron chi connectivity index (χ3n) is 5.27. The highest BCUT2D eigenvalue weighted by molar-refractivity contribution is 7.99. The summed E-state index contributed by atoms with van der Waals surface area (Å²) in [5, 5.41) is 4.14. The van der Waals surface area contributed by atoms with Crippen molar-refractivity contribution in [3.8, 4) is 0 Å². The van der Waals surface area contributed by atoms with Crippen molar-refractivity contribution in [1.82, 2.24) is 9.55 Å². The second kappa shape index (κ2) is 10.4. The third-order valence-corrected chi connectivity index (χ3v) is 6.25. The first-order valence-electron chi connectivity index (χ1n) is 10.6. The van der Waals surface area contributed by atoms with Gasteiger partial charge in [0.05, 0.1) is 16.7 Å². The molecule has 1 aromatic heterocycles. The second-order valence-corrected chi connectivity index (χ2v) is 8.43. The van der Waals surface area contributed by atoms with Crippen LogP contribution in [0.4, 0.5) is 5.69 Å². The smallest absolute Gasteiger partial charge is 0.262 e. The Balaban J connectivity index is 1.72. The van der Waals surface area contributed by atoms with Gasteiger partial charge in [-0.05, 0) is 48.6 Å². The quantitative estimate of drug-likeness (QED) is 0.368. The number of nitrogens with one attached hydrogen (secondary N) is 1. The minimum atomic E-state index is -0.110. The molecular formula is C24H29N3O2S. The number of benzene rings is 2. The van der Waals surface area contributed by atoms with Crippen LogP contribution in [0.2, 0.25) is 0 Å². The van der Waals surface area contributed by atoms with Gasteiger partial charge in [-0.1, -0.05) is 63.2 Å². The fourth-order valence-corrected chi connectivity index (χ4v) is 4.05. The molecular weight excluding hydrogens is 394 g/mol. The SMILES string of the molecule is CCCCn1c(SCC(=O)Nc2ccc([C@@H](C)CC)cc2)nc2ccccc2c1=O. The zero-order valence-corrected chi connectivity index (χ0v) is 18.7. The van der Waals surface area contributed by atoms with E-state index in [1.165, 1.54) is 17.3 Å². The van der Waals surface area contributed by atoms with Gasteiger partial charge in [0.1, 0.15) is 0 Å². The van der Waals surface area contributed by atoms with Crippen LogP contribution in [-0.4, -0.2) is 21.2 Å². The van der Waals surface area contributed by atoms with Crippen LogP contribution in [0, 0.1) is 0 Å². The molecule has 1 heterocycles. The minimum Gasteiger partial charge on any atom is -0.325 e. The van der Waals surface area contributed by atoms with Crippen molar-refractivity contribution in [2.75, 3.05) is 11.1 Å². The molecule has 0 fully saturated rings. The highest BCUT2D eigenvalue weighted by Crippen LogP contribution is 2.22. The summed E-state index contributed by atoms with van der Waals surface area (Å²) in [4.78, 5) is 30.1. The van der Waals surface area contributed by atoms with Crippen molar-refractivity contribution in [1.29, 1.82) is 0 Å².